The summed E-state index contributed by atoms with van der Waals surface area (Å²) < 4.78 is 27.0. The fraction of sp³-hybridized carbons (Fsp3) is 0.417. The van der Waals surface area contributed by atoms with Crippen LogP contribution in [0.2, 0.25) is 0 Å². The lowest BCUT2D eigenvalue weighted by Crippen LogP contribution is -2.29. The van der Waals surface area contributed by atoms with E-state index in [4.69, 9.17) is 0 Å². The van der Waals surface area contributed by atoms with Gasteiger partial charge in [0.05, 0.1) is 0 Å². The van der Waals surface area contributed by atoms with Gasteiger partial charge in [-0.25, -0.2) is 8.78 Å². The summed E-state index contributed by atoms with van der Waals surface area (Å²) in [5, 5.41) is 5.10. The van der Waals surface area contributed by atoms with E-state index in [9.17, 15) is 13.6 Å². The number of hydrogen-bond acceptors (Lipinski definition) is 2. The maximum Gasteiger partial charge on any atom is 0.228 e. The Morgan fingerprint density at radius 2 is 2.06 bits per heavy atom. The second kappa shape index (κ2) is 5.72. The van der Waals surface area contributed by atoms with E-state index in [0.717, 1.165) is 6.07 Å². The van der Waals surface area contributed by atoms with Crippen LogP contribution in [-0.4, -0.2) is 19.5 Å². The van der Waals surface area contributed by atoms with Crippen molar-refractivity contribution in [2.24, 2.45) is 5.92 Å². The highest BCUT2D eigenvalue weighted by Crippen LogP contribution is 2.22. The van der Waals surface area contributed by atoms with Crippen LogP contribution >= 0.6 is 0 Å². The molecule has 0 saturated carbocycles. The van der Waals surface area contributed by atoms with Gasteiger partial charge in [-0.3, -0.25) is 4.79 Å². The summed E-state index contributed by atoms with van der Waals surface area (Å²) >= 11 is 0. The van der Waals surface area contributed by atoms with E-state index >= 15 is 0 Å². The number of aryl methyl sites for hydroxylation is 1. The highest BCUT2D eigenvalue weighted by Gasteiger charge is 2.17. The number of amides is 1. The molecule has 1 aromatic rings. The van der Waals surface area contributed by atoms with Gasteiger partial charge in [0, 0.05) is 12.5 Å². The van der Waals surface area contributed by atoms with Gasteiger partial charge in [-0.2, -0.15) is 0 Å². The molecule has 1 atom stereocenters. The largest absolute Gasteiger partial charge is 0.321 e. The summed E-state index contributed by atoms with van der Waals surface area (Å²) in [4.78, 5) is 11.6. The minimum absolute atomic E-state index is 0.294. The van der Waals surface area contributed by atoms with Crippen LogP contribution in [0, 0.1) is 24.5 Å². The van der Waals surface area contributed by atoms with Crippen molar-refractivity contribution in [1.82, 2.24) is 5.32 Å². The molecule has 2 N–H and O–H groups in total. The second-order valence-electron chi connectivity index (χ2n) is 4.00. The SMILES string of the molecule is CNCC(C)C(=O)Nc1c(F)ccc(C)c1F. The highest BCUT2D eigenvalue weighted by molar-refractivity contribution is 5.92. The molecule has 1 amide bonds. The molecule has 17 heavy (non-hydrogen) atoms. The molecule has 0 spiro atoms. The molecule has 5 heteroatoms. The van der Waals surface area contributed by atoms with Gasteiger partial charge in [-0.15, -0.1) is 0 Å². The van der Waals surface area contributed by atoms with Crippen molar-refractivity contribution < 1.29 is 13.6 Å². The lowest BCUT2D eigenvalue weighted by molar-refractivity contribution is -0.119. The predicted octanol–water partition coefficient (Wildman–Crippen LogP) is 2.07. The van der Waals surface area contributed by atoms with Crippen molar-refractivity contribution in [3.8, 4) is 0 Å². The zero-order valence-electron chi connectivity index (χ0n) is 10.1. The first kappa shape index (κ1) is 13.6. The second-order valence-corrected chi connectivity index (χ2v) is 4.00. The fourth-order valence-corrected chi connectivity index (χ4v) is 1.42. The van der Waals surface area contributed by atoms with E-state index in [1.807, 2.05) is 0 Å². The quantitative estimate of drug-likeness (QED) is 0.848. The monoisotopic (exact) mass is 242 g/mol. The standard InChI is InChI=1S/C12H16F2N2O/c1-7-4-5-9(13)11(10(7)14)16-12(17)8(2)6-15-3/h4-5,8,15H,6H2,1-3H3,(H,16,17). The minimum atomic E-state index is -0.766. The van der Waals surface area contributed by atoms with Crippen molar-refractivity contribution in [2.45, 2.75) is 13.8 Å². The molecule has 1 unspecified atom stereocenters. The van der Waals surface area contributed by atoms with Crippen LogP contribution in [0.4, 0.5) is 14.5 Å². The average Bonchev–Trinajstić information content (AvgIpc) is 2.29. The van der Waals surface area contributed by atoms with E-state index in [1.54, 1.807) is 14.0 Å². The molecule has 94 valence electrons. The molecule has 0 saturated heterocycles. The Bertz CT molecular complexity index is 421. The Kier molecular flexibility index (Phi) is 4.57. The molecular formula is C12H16F2N2O. The van der Waals surface area contributed by atoms with E-state index in [2.05, 4.69) is 10.6 Å². The smallest absolute Gasteiger partial charge is 0.228 e. The molecule has 0 aliphatic carbocycles. The normalized spacial score (nSPS) is 12.3. The van der Waals surface area contributed by atoms with Gasteiger partial charge < -0.3 is 10.6 Å². The topological polar surface area (TPSA) is 41.1 Å². The number of anilines is 1. The highest BCUT2D eigenvalue weighted by atomic mass is 19.1. The summed E-state index contributed by atoms with van der Waals surface area (Å²) in [6.07, 6.45) is 0. The van der Waals surface area contributed by atoms with Gasteiger partial charge in [0.15, 0.2) is 5.82 Å². The van der Waals surface area contributed by atoms with Gasteiger partial charge >= 0.3 is 0 Å². The van der Waals surface area contributed by atoms with Crippen molar-refractivity contribution in [2.75, 3.05) is 18.9 Å². The molecule has 0 aliphatic heterocycles. The molecule has 1 rings (SSSR count). The van der Waals surface area contributed by atoms with Gasteiger partial charge in [0.1, 0.15) is 11.5 Å². The molecule has 0 bridgehead atoms. The van der Waals surface area contributed by atoms with Crippen molar-refractivity contribution in [1.29, 1.82) is 0 Å². The Hall–Kier alpha value is -1.49. The Labute approximate surface area is 99.2 Å². The minimum Gasteiger partial charge on any atom is -0.321 e. The van der Waals surface area contributed by atoms with Crippen LogP contribution in [0.15, 0.2) is 12.1 Å². The van der Waals surface area contributed by atoms with Crippen LogP contribution in [0.1, 0.15) is 12.5 Å². The summed E-state index contributed by atoms with van der Waals surface area (Å²) in [7, 11) is 1.71. The lowest BCUT2D eigenvalue weighted by Gasteiger charge is -2.13. The van der Waals surface area contributed by atoms with E-state index in [-0.39, 0.29) is 11.6 Å². The molecule has 0 aromatic heterocycles. The molecule has 0 fully saturated rings. The van der Waals surface area contributed by atoms with Crippen LogP contribution in [0.25, 0.3) is 0 Å². The third-order valence-corrected chi connectivity index (χ3v) is 2.49. The summed E-state index contributed by atoms with van der Waals surface area (Å²) in [6, 6.07) is 2.47. The first-order chi connectivity index (χ1) is 7.97. The third-order valence-electron chi connectivity index (χ3n) is 2.49. The number of carbonyl (C=O) groups is 1. The summed E-state index contributed by atoms with van der Waals surface area (Å²) in [5.41, 5.74) is -0.0825. The Morgan fingerprint density at radius 3 is 2.65 bits per heavy atom. The maximum atomic E-state index is 13.6. The van der Waals surface area contributed by atoms with Crippen molar-refractivity contribution >= 4 is 11.6 Å². The van der Waals surface area contributed by atoms with E-state index < -0.39 is 17.5 Å². The number of halogens is 2. The van der Waals surface area contributed by atoms with Crippen LogP contribution in [-0.2, 0) is 4.79 Å². The number of hydrogen-bond donors (Lipinski definition) is 2. The van der Waals surface area contributed by atoms with Gasteiger partial charge in [-0.1, -0.05) is 13.0 Å². The van der Waals surface area contributed by atoms with E-state index in [1.165, 1.54) is 13.0 Å². The first-order valence-corrected chi connectivity index (χ1v) is 5.37. The van der Waals surface area contributed by atoms with Crippen molar-refractivity contribution in [3.05, 3.63) is 29.3 Å². The summed E-state index contributed by atoms with van der Waals surface area (Å²) in [5.74, 6) is -2.27. The number of benzene rings is 1. The van der Waals surface area contributed by atoms with Gasteiger partial charge in [0.2, 0.25) is 5.91 Å². The molecule has 0 heterocycles. The first-order valence-electron chi connectivity index (χ1n) is 5.37. The zero-order chi connectivity index (χ0) is 13.0. The molecular weight excluding hydrogens is 226 g/mol. The average molecular weight is 242 g/mol. The van der Waals surface area contributed by atoms with Gasteiger partial charge in [-0.05, 0) is 25.6 Å². The molecule has 1 aromatic carbocycles. The Balaban J connectivity index is 2.88. The van der Waals surface area contributed by atoms with Gasteiger partial charge in [0.25, 0.3) is 0 Å². The van der Waals surface area contributed by atoms with Crippen LogP contribution in [0.5, 0.6) is 0 Å². The van der Waals surface area contributed by atoms with Crippen molar-refractivity contribution in [3.63, 3.8) is 0 Å². The molecule has 3 nitrogen and oxygen atoms in total. The number of rotatable bonds is 4. The maximum absolute atomic E-state index is 13.6. The number of carbonyl (C=O) groups excluding carboxylic acids is 1. The molecule has 0 aliphatic rings. The third kappa shape index (κ3) is 3.23. The van der Waals surface area contributed by atoms with Crippen LogP contribution in [0.3, 0.4) is 0 Å². The lowest BCUT2D eigenvalue weighted by atomic mass is 10.1. The van der Waals surface area contributed by atoms with E-state index in [0.29, 0.717) is 12.1 Å². The number of nitrogens with one attached hydrogen (secondary N) is 2. The molecule has 0 radical (unpaired) electrons. The summed E-state index contributed by atoms with van der Waals surface area (Å²) in [6.45, 7) is 3.64. The Morgan fingerprint density at radius 1 is 1.41 bits per heavy atom. The van der Waals surface area contributed by atoms with Crippen LogP contribution < -0.4 is 10.6 Å². The predicted molar refractivity (Wildman–Crippen MR) is 62.8 cm³/mol. The fourth-order valence-electron chi connectivity index (χ4n) is 1.42. The zero-order valence-corrected chi connectivity index (χ0v) is 10.1.